The number of allylic oxidation sites excluding steroid dienone is 2. The van der Waals surface area contributed by atoms with Gasteiger partial charge in [0.1, 0.15) is 16.7 Å². The number of hydrogen-bond acceptors (Lipinski definition) is 5. The van der Waals surface area contributed by atoms with Gasteiger partial charge >= 0.3 is 0 Å². The van der Waals surface area contributed by atoms with Crippen LogP contribution >= 0.6 is 0 Å². The second-order valence-electron chi connectivity index (χ2n) is 9.00. The standard InChI is InChI=1S/C24H36N2O5S/c1-5-24(28)25(4)15-22-17(2)14-26(18(3)16-27)32(29,30)23-12-11-20(13-21(23)31-22)19-9-7-6-8-10-19/h9,11-13,17-18,22,27H,5-8,10,14-16H2,1-4H3/t17-,18-,22-/m0/s1. The van der Waals surface area contributed by atoms with E-state index in [0.29, 0.717) is 18.7 Å². The highest BCUT2D eigenvalue weighted by atomic mass is 32.2. The average molecular weight is 465 g/mol. The molecule has 0 unspecified atom stereocenters. The van der Waals surface area contributed by atoms with Crippen molar-refractivity contribution >= 4 is 21.5 Å². The van der Waals surface area contributed by atoms with Crippen molar-refractivity contribution in [2.75, 3.05) is 26.7 Å². The molecule has 0 aromatic heterocycles. The predicted molar refractivity (Wildman–Crippen MR) is 125 cm³/mol. The number of ether oxygens (including phenoxy) is 1. The summed E-state index contributed by atoms with van der Waals surface area (Å²) in [7, 11) is -2.11. The van der Waals surface area contributed by atoms with Crippen molar-refractivity contribution in [2.24, 2.45) is 5.92 Å². The molecule has 0 bridgehead atoms. The summed E-state index contributed by atoms with van der Waals surface area (Å²) in [6.07, 6.45) is 6.52. The lowest BCUT2D eigenvalue weighted by Gasteiger charge is -2.37. The van der Waals surface area contributed by atoms with E-state index in [0.717, 1.165) is 24.8 Å². The molecule has 0 radical (unpaired) electrons. The zero-order chi connectivity index (χ0) is 23.5. The number of fused-ring (bicyclic) bond motifs is 1. The maximum Gasteiger partial charge on any atom is 0.247 e. The van der Waals surface area contributed by atoms with E-state index >= 15 is 0 Å². The molecule has 2 aliphatic rings. The lowest BCUT2D eigenvalue weighted by atomic mass is 9.93. The van der Waals surface area contributed by atoms with Crippen LogP contribution in [0.3, 0.4) is 0 Å². The SMILES string of the molecule is CCC(=O)N(C)C[C@@H]1Oc2cc(C3=CCCCC3)ccc2S(=O)(=O)N([C@@H](C)CO)C[C@@H]1C. The van der Waals surface area contributed by atoms with Crippen LogP contribution < -0.4 is 4.74 Å². The molecule has 1 aromatic carbocycles. The number of likely N-dealkylation sites (N-methyl/N-ethyl adjacent to an activating group) is 1. The third kappa shape index (κ3) is 5.18. The van der Waals surface area contributed by atoms with Crippen molar-refractivity contribution in [1.29, 1.82) is 0 Å². The quantitative estimate of drug-likeness (QED) is 0.698. The Morgan fingerprint density at radius 1 is 1.34 bits per heavy atom. The van der Waals surface area contributed by atoms with Gasteiger partial charge in [0.15, 0.2) is 0 Å². The summed E-state index contributed by atoms with van der Waals surface area (Å²) in [4.78, 5) is 14.0. The summed E-state index contributed by atoms with van der Waals surface area (Å²) in [5.74, 6) is 0.145. The molecule has 7 nitrogen and oxygen atoms in total. The Balaban J connectivity index is 2.07. The van der Waals surface area contributed by atoms with E-state index < -0.39 is 16.1 Å². The number of carbonyl (C=O) groups excluding carboxylic acids is 1. The molecule has 8 heteroatoms. The molecule has 32 heavy (non-hydrogen) atoms. The Morgan fingerprint density at radius 3 is 2.72 bits per heavy atom. The number of benzene rings is 1. The maximum atomic E-state index is 13.5. The Kier molecular flexibility index (Phi) is 8.01. The van der Waals surface area contributed by atoms with E-state index in [2.05, 4.69) is 6.08 Å². The van der Waals surface area contributed by atoms with Crippen LogP contribution in [0.4, 0.5) is 0 Å². The van der Waals surface area contributed by atoms with Gasteiger partial charge in [-0.05, 0) is 55.9 Å². The zero-order valence-corrected chi connectivity index (χ0v) is 20.4. The third-order valence-corrected chi connectivity index (χ3v) is 8.53. The van der Waals surface area contributed by atoms with Crippen molar-refractivity contribution in [3.8, 4) is 5.75 Å². The molecule has 0 saturated carbocycles. The minimum atomic E-state index is -3.86. The van der Waals surface area contributed by atoms with E-state index in [-0.39, 0.29) is 36.0 Å². The normalized spacial score (nSPS) is 24.3. The maximum absolute atomic E-state index is 13.5. The molecule has 0 fully saturated rings. The van der Waals surface area contributed by atoms with Crippen molar-refractivity contribution < 1.29 is 23.1 Å². The fourth-order valence-corrected chi connectivity index (χ4v) is 6.21. The first kappa shape index (κ1) is 24.7. The van der Waals surface area contributed by atoms with Gasteiger partial charge in [-0.3, -0.25) is 4.79 Å². The molecule has 178 valence electrons. The summed E-state index contributed by atoms with van der Waals surface area (Å²) in [5.41, 5.74) is 2.19. The number of aliphatic hydroxyl groups excluding tert-OH is 1. The summed E-state index contributed by atoms with van der Waals surface area (Å²) >= 11 is 0. The number of hydrogen-bond donors (Lipinski definition) is 1. The van der Waals surface area contributed by atoms with Crippen LogP contribution in [0.2, 0.25) is 0 Å². The minimum absolute atomic E-state index is 0.0115. The number of aliphatic hydroxyl groups is 1. The molecule has 1 aliphatic carbocycles. The number of amides is 1. The van der Waals surface area contributed by atoms with Gasteiger partial charge in [-0.2, -0.15) is 4.31 Å². The molecular weight excluding hydrogens is 428 g/mol. The van der Waals surface area contributed by atoms with Gasteiger partial charge in [0.25, 0.3) is 0 Å². The van der Waals surface area contributed by atoms with E-state index in [1.165, 1.54) is 16.3 Å². The predicted octanol–water partition coefficient (Wildman–Crippen LogP) is 3.28. The van der Waals surface area contributed by atoms with Gasteiger partial charge in [0, 0.05) is 32.0 Å². The Hall–Kier alpha value is -1.90. The van der Waals surface area contributed by atoms with Crippen molar-refractivity contribution in [3.05, 3.63) is 29.8 Å². The fourth-order valence-electron chi connectivity index (χ4n) is 4.39. The first-order valence-electron chi connectivity index (χ1n) is 11.6. The van der Waals surface area contributed by atoms with Crippen LogP contribution in [0.25, 0.3) is 5.57 Å². The number of rotatable bonds is 6. The first-order chi connectivity index (χ1) is 15.2. The number of carbonyl (C=O) groups is 1. The molecule has 3 rings (SSSR count). The van der Waals surface area contributed by atoms with Gasteiger partial charge in [0.2, 0.25) is 15.9 Å². The Bertz CT molecular complexity index is 959. The molecule has 0 spiro atoms. The Morgan fingerprint density at radius 2 is 2.09 bits per heavy atom. The van der Waals surface area contributed by atoms with Gasteiger partial charge in [0.05, 0.1) is 13.2 Å². The molecule has 3 atom stereocenters. The van der Waals surface area contributed by atoms with Gasteiger partial charge in [-0.1, -0.05) is 26.0 Å². The Labute approximate surface area is 192 Å². The zero-order valence-electron chi connectivity index (χ0n) is 19.6. The molecule has 1 amide bonds. The van der Waals surface area contributed by atoms with Crippen LogP contribution in [0.1, 0.15) is 58.4 Å². The van der Waals surface area contributed by atoms with Gasteiger partial charge in [-0.25, -0.2) is 8.42 Å². The van der Waals surface area contributed by atoms with Gasteiger partial charge in [-0.15, -0.1) is 0 Å². The lowest BCUT2D eigenvalue weighted by molar-refractivity contribution is -0.131. The second kappa shape index (κ2) is 10.4. The van der Waals surface area contributed by atoms with Crippen molar-refractivity contribution in [2.45, 2.75) is 69.9 Å². The summed E-state index contributed by atoms with van der Waals surface area (Å²) in [5, 5.41) is 9.75. The monoisotopic (exact) mass is 464 g/mol. The topological polar surface area (TPSA) is 87.2 Å². The van der Waals surface area contributed by atoms with Crippen LogP contribution in [-0.4, -0.2) is 67.5 Å². The number of nitrogens with zero attached hydrogens (tertiary/aromatic N) is 2. The minimum Gasteiger partial charge on any atom is -0.487 e. The smallest absolute Gasteiger partial charge is 0.247 e. The fraction of sp³-hybridized carbons (Fsp3) is 0.625. The summed E-state index contributed by atoms with van der Waals surface area (Å²) < 4.78 is 34.8. The summed E-state index contributed by atoms with van der Waals surface area (Å²) in [6.45, 7) is 5.75. The van der Waals surface area contributed by atoms with Gasteiger partial charge < -0.3 is 14.7 Å². The lowest BCUT2D eigenvalue weighted by Crippen LogP contribution is -2.50. The van der Waals surface area contributed by atoms with Crippen molar-refractivity contribution in [1.82, 2.24) is 9.21 Å². The largest absolute Gasteiger partial charge is 0.487 e. The van der Waals surface area contributed by atoms with Crippen LogP contribution in [0.5, 0.6) is 5.75 Å². The first-order valence-corrected chi connectivity index (χ1v) is 13.0. The molecule has 0 saturated heterocycles. The number of sulfonamides is 1. The highest BCUT2D eigenvalue weighted by Gasteiger charge is 2.38. The van der Waals surface area contributed by atoms with Crippen molar-refractivity contribution in [3.63, 3.8) is 0 Å². The molecular formula is C24H36N2O5S. The van der Waals surface area contributed by atoms with E-state index in [1.807, 2.05) is 26.0 Å². The third-order valence-electron chi connectivity index (χ3n) is 6.51. The van der Waals surface area contributed by atoms with Crippen LogP contribution in [-0.2, 0) is 14.8 Å². The summed E-state index contributed by atoms with van der Waals surface area (Å²) in [6, 6.07) is 4.74. The van der Waals surface area contributed by atoms with E-state index in [4.69, 9.17) is 4.74 Å². The average Bonchev–Trinajstić information content (AvgIpc) is 2.80. The highest BCUT2D eigenvalue weighted by molar-refractivity contribution is 7.89. The van der Waals surface area contributed by atoms with E-state index in [1.54, 1.807) is 24.9 Å². The molecule has 1 N–H and O–H groups in total. The second-order valence-corrected chi connectivity index (χ2v) is 10.9. The highest BCUT2D eigenvalue weighted by Crippen LogP contribution is 2.37. The van der Waals surface area contributed by atoms with Crippen LogP contribution in [0.15, 0.2) is 29.2 Å². The van der Waals surface area contributed by atoms with E-state index in [9.17, 15) is 18.3 Å². The van der Waals surface area contributed by atoms with Crippen LogP contribution in [0, 0.1) is 5.92 Å². The molecule has 1 aliphatic heterocycles. The molecule has 1 heterocycles. The molecule has 1 aromatic rings.